The van der Waals surface area contributed by atoms with Crippen LogP contribution in [-0.4, -0.2) is 53.6 Å². The first-order valence-electron chi connectivity index (χ1n) is 8.12. The van der Waals surface area contributed by atoms with Gasteiger partial charge in [0, 0.05) is 41.6 Å². The number of carbonyl (C=O) groups is 2. The Morgan fingerprint density at radius 1 is 1.08 bits per heavy atom. The number of carbonyl (C=O) groups excluding carboxylic acids is 2. The molecule has 0 unspecified atom stereocenters. The Balaban J connectivity index is 1.68. The molecular formula is C18H24N2O2S2. The van der Waals surface area contributed by atoms with Crippen LogP contribution in [0.25, 0.3) is 10.9 Å². The second-order valence-corrected chi connectivity index (χ2v) is 8.61. The molecule has 0 fully saturated rings. The highest BCUT2D eigenvalue weighted by Gasteiger charge is 2.19. The van der Waals surface area contributed by atoms with Gasteiger partial charge in [-0.05, 0) is 33.0 Å². The van der Waals surface area contributed by atoms with E-state index in [1.165, 1.54) is 0 Å². The summed E-state index contributed by atoms with van der Waals surface area (Å²) in [6, 6.07) is 7.56. The van der Waals surface area contributed by atoms with Gasteiger partial charge in [0.15, 0.2) is 0 Å². The molecule has 0 amide bonds. The third kappa shape index (κ3) is 5.69. The number of nitrogens with zero attached hydrogens (tertiary/aromatic N) is 1. The number of rotatable bonds is 11. The topological polar surface area (TPSA) is 53.2 Å². The van der Waals surface area contributed by atoms with E-state index in [-0.39, 0.29) is 11.6 Å². The lowest BCUT2D eigenvalue weighted by atomic mass is 10.0. The van der Waals surface area contributed by atoms with Crippen molar-refractivity contribution in [1.29, 1.82) is 0 Å². The van der Waals surface area contributed by atoms with Gasteiger partial charge < -0.3 is 9.88 Å². The Kier molecular flexibility index (Phi) is 7.88. The highest BCUT2D eigenvalue weighted by molar-refractivity contribution is 8.76. The molecule has 0 bridgehead atoms. The van der Waals surface area contributed by atoms with Crippen LogP contribution in [0.5, 0.6) is 0 Å². The Bertz CT molecular complexity index is 682. The van der Waals surface area contributed by atoms with Crippen molar-refractivity contribution >= 4 is 44.1 Å². The third-order valence-corrected chi connectivity index (χ3v) is 6.15. The number of nitrogens with one attached hydrogen (secondary N) is 1. The molecule has 0 aliphatic rings. The van der Waals surface area contributed by atoms with E-state index in [0.29, 0.717) is 12.0 Å². The number of aromatic nitrogens is 1. The molecule has 0 saturated heterocycles. The summed E-state index contributed by atoms with van der Waals surface area (Å²) in [5, 5.41) is 0.823. The van der Waals surface area contributed by atoms with Crippen LogP contribution in [0, 0.1) is 0 Å². The number of hydrogen-bond acceptors (Lipinski definition) is 5. The fourth-order valence-corrected chi connectivity index (χ4v) is 4.59. The maximum Gasteiger partial charge on any atom is 0.230 e. The summed E-state index contributed by atoms with van der Waals surface area (Å²) >= 11 is 0. The molecule has 6 heteroatoms. The number of H-pyrrole nitrogens is 1. The second kappa shape index (κ2) is 9.91. The summed E-state index contributed by atoms with van der Waals surface area (Å²) in [6.45, 7) is 1.08. The molecule has 0 atom stereocenters. The zero-order valence-corrected chi connectivity index (χ0v) is 15.8. The first-order valence-corrected chi connectivity index (χ1v) is 10.6. The van der Waals surface area contributed by atoms with Gasteiger partial charge in [-0.1, -0.05) is 39.8 Å². The van der Waals surface area contributed by atoms with E-state index in [1.807, 2.05) is 45.9 Å². The largest absolute Gasteiger partial charge is 0.360 e. The molecular weight excluding hydrogens is 340 g/mol. The smallest absolute Gasteiger partial charge is 0.230 e. The summed E-state index contributed by atoms with van der Waals surface area (Å²) in [5.74, 6) is 1.47. The minimum atomic E-state index is -0.375. The lowest BCUT2D eigenvalue weighted by Gasteiger charge is -2.07. The van der Waals surface area contributed by atoms with Crippen LogP contribution < -0.4 is 0 Å². The Morgan fingerprint density at radius 2 is 1.83 bits per heavy atom. The maximum atomic E-state index is 12.3. The average molecular weight is 365 g/mol. The maximum absolute atomic E-state index is 12.3. The normalized spacial score (nSPS) is 11.3. The van der Waals surface area contributed by atoms with E-state index >= 15 is 0 Å². The molecule has 0 aliphatic heterocycles. The number of ketones is 2. The van der Waals surface area contributed by atoms with Crippen LogP contribution >= 0.6 is 21.6 Å². The Morgan fingerprint density at radius 3 is 2.62 bits per heavy atom. The number of fused-ring (bicyclic) bond motifs is 1. The summed E-state index contributed by atoms with van der Waals surface area (Å²) < 4.78 is 0. The van der Waals surface area contributed by atoms with Gasteiger partial charge in [-0.15, -0.1) is 0 Å². The summed E-state index contributed by atoms with van der Waals surface area (Å²) in [7, 11) is 7.85. The van der Waals surface area contributed by atoms with Crippen molar-refractivity contribution in [2.24, 2.45) is 0 Å². The number of unbranched alkanes of at least 4 members (excludes halogenated alkanes) is 1. The van der Waals surface area contributed by atoms with Gasteiger partial charge in [0.05, 0.1) is 5.56 Å². The first kappa shape index (κ1) is 19.1. The number of para-hydroxylation sites is 1. The van der Waals surface area contributed by atoms with Gasteiger partial charge in [-0.2, -0.15) is 0 Å². The minimum absolute atomic E-state index is 0.287. The molecule has 2 aromatic rings. The van der Waals surface area contributed by atoms with Crippen molar-refractivity contribution in [3.8, 4) is 0 Å². The predicted octanol–water partition coefficient (Wildman–Crippen LogP) is 4.03. The van der Waals surface area contributed by atoms with E-state index in [4.69, 9.17) is 0 Å². The molecule has 4 nitrogen and oxygen atoms in total. The van der Waals surface area contributed by atoms with Crippen molar-refractivity contribution in [3.05, 3.63) is 36.0 Å². The zero-order valence-electron chi connectivity index (χ0n) is 14.2. The SMILES string of the molecule is CN(C)CCSSCCCCC(=O)C(=O)c1c[nH]c2ccccc12. The molecule has 1 aromatic carbocycles. The fourth-order valence-electron chi connectivity index (χ4n) is 2.31. The Labute approximate surface area is 151 Å². The molecule has 1 aromatic heterocycles. The molecule has 0 radical (unpaired) electrons. The standard InChI is InChI=1S/C18H24N2O2S2/c1-20(2)10-12-24-23-11-6-5-9-17(21)18(22)15-13-19-16-8-4-3-7-14(15)16/h3-4,7-8,13,19H,5-6,9-12H2,1-2H3. The van der Waals surface area contributed by atoms with Gasteiger partial charge in [0.25, 0.3) is 0 Å². The minimum Gasteiger partial charge on any atom is -0.360 e. The van der Waals surface area contributed by atoms with Crippen molar-refractivity contribution in [2.45, 2.75) is 19.3 Å². The number of hydrogen-bond donors (Lipinski definition) is 1. The molecule has 24 heavy (non-hydrogen) atoms. The number of aromatic amines is 1. The van der Waals surface area contributed by atoms with Crippen molar-refractivity contribution in [1.82, 2.24) is 9.88 Å². The van der Waals surface area contributed by atoms with E-state index in [0.717, 1.165) is 41.8 Å². The molecule has 0 saturated carbocycles. The average Bonchev–Trinajstić information content (AvgIpc) is 3.00. The number of benzene rings is 1. The quantitative estimate of drug-likeness (QED) is 0.282. The first-order chi connectivity index (χ1) is 11.6. The molecule has 0 spiro atoms. The van der Waals surface area contributed by atoms with Crippen LogP contribution in [0.3, 0.4) is 0 Å². The van der Waals surface area contributed by atoms with E-state index < -0.39 is 0 Å². The lowest BCUT2D eigenvalue weighted by molar-refractivity contribution is -0.115. The van der Waals surface area contributed by atoms with Crippen molar-refractivity contribution in [3.63, 3.8) is 0 Å². The van der Waals surface area contributed by atoms with Crippen molar-refractivity contribution < 1.29 is 9.59 Å². The van der Waals surface area contributed by atoms with E-state index in [9.17, 15) is 9.59 Å². The third-order valence-electron chi connectivity index (χ3n) is 3.67. The molecule has 2 rings (SSSR count). The van der Waals surface area contributed by atoms with Gasteiger partial charge >= 0.3 is 0 Å². The Hall–Kier alpha value is -1.24. The second-order valence-electron chi connectivity index (χ2n) is 5.90. The van der Waals surface area contributed by atoms with Crippen LogP contribution in [0.15, 0.2) is 30.5 Å². The van der Waals surface area contributed by atoms with Gasteiger partial charge in [0.1, 0.15) is 0 Å². The highest BCUT2D eigenvalue weighted by Crippen LogP contribution is 2.23. The number of Topliss-reactive ketones (excluding diaryl/α,β-unsaturated/α-hetero) is 2. The van der Waals surface area contributed by atoms with Gasteiger partial charge in [0.2, 0.25) is 11.6 Å². The van der Waals surface area contributed by atoms with Crippen LogP contribution in [0.2, 0.25) is 0 Å². The van der Waals surface area contributed by atoms with Gasteiger partial charge in [-0.3, -0.25) is 9.59 Å². The highest BCUT2D eigenvalue weighted by atomic mass is 33.1. The predicted molar refractivity (Wildman–Crippen MR) is 105 cm³/mol. The van der Waals surface area contributed by atoms with Crippen LogP contribution in [0.4, 0.5) is 0 Å². The molecule has 1 N–H and O–H groups in total. The van der Waals surface area contributed by atoms with Crippen LogP contribution in [0.1, 0.15) is 29.6 Å². The zero-order chi connectivity index (χ0) is 17.4. The van der Waals surface area contributed by atoms with E-state index in [1.54, 1.807) is 6.20 Å². The lowest BCUT2D eigenvalue weighted by Crippen LogP contribution is -2.14. The summed E-state index contributed by atoms with van der Waals surface area (Å²) in [4.78, 5) is 29.6. The molecule has 130 valence electrons. The summed E-state index contributed by atoms with van der Waals surface area (Å²) in [6.07, 6.45) is 3.71. The monoisotopic (exact) mass is 364 g/mol. The fraction of sp³-hybridized carbons (Fsp3) is 0.444. The van der Waals surface area contributed by atoms with Crippen LogP contribution in [-0.2, 0) is 4.79 Å². The van der Waals surface area contributed by atoms with E-state index in [2.05, 4.69) is 24.0 Å². The van der Waals surface area contributed by atoms with Crippen molar-refractivity contribution in [2.75, 3.05) is 32.1 Å². The van der Waals surface area contributed by atoms with Gasteiger partial charge in [-0.25, -0.2) is 0 Å². The summed E-state index contributed by atoms with van der Waals surface area (Å²) in [5.41, 5.74) is 1.38. The molecule has 0 aliphatic carbocycles. The molecule has 1 heterocycles.